The molecule has 0 heterocycles. The van der Waals surface area contributed by atoms with E-state index in [0.717, 1.165) is 12.8 Å². The molecule has 0 aliphatic heterocycles. The Balaban J connectivity index is 2.81. The smallest absolute Gasteiger partial charge is 0.239 e. The molecule has 0 unspecified atom stereocenters. The molecule has 118 valence electrons. The molecule has 0 bridgehead atoms. The molecule has 1 rings (SSSR count). The van der Waals surface area contributed by atoms with Crippen molar-refractivity contribution in [1.29, 1.82) is 5.26 Å². The predicted molar refractivity (Wildman–Crippen MR) is 86.1 cm³/mol. The largest absolute Gasteiger partial charge is 0.345 e. The fourth-order valence-electron chi connectivity index (χ4n) is 2.02. The first-order chi connectivity index (χ1) is 10.3. The highest BCUT2D eigenvalue weighted by molar-refractivity contribution is 6.09. The number of unbranched alkanes of at least 4 members (excludes halogenated alkanes) is 1. The van der Waals surface area contributed by atoms with Gasteiger partial charge in [0.2, 0.25) is 11.8 Å². The summed E-state index contributed by atoms with van der Waals surface area (Å²) in [6.45, 7) is 5.91. The van der Waals surface area contributed by atoms with Crippen LogP contribution in [0, 0.1) is 16.7 Å². The number of amides is 2. The zero-order valence-electron chi connectivity index (χ0n) is 13.6. The molecule has 5 heteroatoms. The number of carbonyl (C=O) groups is 2. The molecule has 0 aromatic heterocycles. The minimum Gasteiger partial charge on any atom is -0.345 e. The Morgan fingerprint density at radius 3 is 2.64 bits per heavy atom. The Hall–Kier alpha value is -2.35. The van der Waals surface area contributed by atoms with Crippen molar-refractivity contribution in [2.45, 2.75) is 33.6 Å². The first-order valence-electron chi connectivity index (χ1n) is 7.40. The predicted octanol–water partition coefficient (Wildman–Crippen LogP) is 2.78. The summed E-state index contributed by atoms with van der Waals surface area (Å²) in [5.41, 5.74) is -0.186. The lowest BCUT2D eigenvalue weighted by molar-refractivity contribution is -0.145. The molecule has 0 atom stereocenters. The van der Waals surface area contributed by atoms with Crippen LogP contribution in [0.5, 0.6) is 0 Å². The van der Waals surface area contributed by atoms with Gasteiger partial charge in [-0.05, 0) is 38.5 Å². The molecular formula is C17H23N3O2. The Kier molecular flexibility index (Phi) is 6.11. The summed E-state index contributed by atoms with van der Waals surface area (Å²) in [4.78, 5) is 26.4. The minimum atomic E-state index is -1.16. The minimum absolute atomic E-state index is 0.213. The van der Waals surface area contributed by atoms with Crippen molar-refractivity contribution in [1.82, 2.24) is 4.90 Å². The Bertz CT molecular complexity index is 588. The maximum absolute atomic E-state index is 12.4. The zero-order valence-corrected chi connectivity index (χ0v) is 13.6. The molecule has 22 heavy (non-hydrogen) atoms. The quantitative estimate of drug-likeness (QED) is 0.821. The van der Waals surface area contributed by atoms with E-state index < -0.39 is 5.41 Å². The molecular weight excluding hydrogens is 278 g/mol. The highest BCUT2D eigenvalue weighted by atomic mass is 16.2. The number of rotatable bonds is 6. The highest BCUT2D eigenvalue weighted by Crippen LogP contribution is 2.22. The number of nitriles is 1. The van der Waals surface area contributed by atoms with Gasteiger partial charge in [0.15, 0.2) is 0 Å². The summed E-state index contributed by atoms with van der Waals surface area (Å²) in [6.07, 6.45) is 1.90. The number of benzene rings is 1. The lowest BCUT2D eigenvalue weighted by Gasteiger charge is -2.28. The van der Waals surface area contributed by atoms with Crippen LogP contribution >= 0.6 is 0 Å². The van der Waals surface area contributed by atoms with Gasteiger partial charge in [-0.1, -0.05) is 19.4 Å². The molecule has 2 amide bonds. The second kappa shape index (κ2) is 7.60. The van der Waals surface area contributed by atoms with E-state index in [1.54, 1.807) is 50.1 Å². The molecule has 0 spiro atoms. The summed E-state index contributed by atoms with van der Waals surface area (Å²) in [5.74, 6) is -0.592. The third-order valence-corrected chi connectivity index (χ3v) is 3.55. The third-order valence-electron chi connectivity index (χ3n) is 3.55. The van der Waals surface area contributed by atoms with E-state index in [1.807, 2.05) is 6.07 Å². The average molecular weight is 301 g/mol. The van der Waals surface area contributed by atoms with Crippen molar-refractivity contribution >= 4 is 17.5 Å². The van der Waals surface area contributed by atoms with Crippen LogP contribution in [0.3, 0.4) is 0 Å². The Morgan fingerprint density at radius 2 is 2.05 bits per heavy atom. The lowest BCUT2D eigenvalue weighted by Crippen LogP contribution is -2.46. The molecule has 0 saturated carbocycles. The van der Waals surface area contributed by atoms with Crippen molar-refractivity contribution in [3.05, 3.63) is 29.8 Å². The summed E-state index contributed by atoms with van der Waals surface area (Å²) in [6, 6.07) is 8.64. The number of hydrogen-bond donors (Lipinski definition) is 1. The monoisotopic (exact) mass is 301 g/mol. The number of anilines is 1. The maximum Gasteiger partial charge on any atom is 0.239 e. The molecule has 1 aromatic carbocycles. The first kappa shape index (κ1) is 17.7. The molecule has 5 nitrogen and oxygen atoms in total. The second-order valence-electron chi connectivity index (χ2n) is 5.85. The standard InChI is InChI=1S/C17H23N3O2/c1-5-6-10-20(4)16(22)17(2,3)15(21)19-14-9-7-8-13(11-14)12-18/h7-9,11H,5-6,10H2,1-4H3,(H,19,21). The number of nitrogens with one attached hydrogen (secondary N) is 1. The number of carbonyl (C=O) groups excluding carboxylic acids is 2. The van der Waals surface area contributed by atoms with Gasteiger partial charge in [0.25, 0.3) is 0 Å². The van der Waals surface area contributed by atoms with Crippen LogP contribution in [0.15, 0.2) is 24.3 Å². The van der Waals surface area contributed by atoms with Crippen LogP contribution in [0.1, 0.15) is 39.2 Å². The number of nitrogens with zero attached hydrogens (tertiary/aromatic N) is 2. The molecule has 0 aliphatic carbocycles. The van der Waals surface area contributed by atoms with Crippen molar-refractivity contribution in [3.63, 3.8) is 0 Å². The summed E-state index contributed by atoms with van der Waals surface area (Å²) >= 11 is 0. The fourth-order valence-corrected chi connectivity index (χ4v) is 2.02. The molecule has 0 aliphatic rings. The van der Waals surface area contributed by atoms with E-state index in [2.05, 4.69) is 12.2 Å². The topological polar surface area (TPSA) is 73.2 Å². The van der Waals surface area contributed by atoms with E-state index in [0.29, 0.717) is 17.8 Å². The van der Waals surface area contributed by atoms with Gasteiger partial charge in [0, 0.05) is 19.3 Å². The third kappa shape index (κ3) is 4.32. The van der Waals surface area contributed by atoms with Gasteiger partial charge in [-0.2, -0.15) is 5.26 Å². The van der Waals surface area contributed by atoms with Crippen LogP contribution in [-0.4, -0.2) is 30.3 Å². The van der Waals surface area contributed by atoms with Crippen LogP contribution in [0.2, 0.25) is 0 Å². The lowest BCUT2D eigenvalue weighted by atomic mass is 9.90. The summed E-state index contributed by atoms with van der Waals surface area (Å²) in [5, 5.41) is 11.6. The SMILES string of the molecule is CCCCN(C)C(=O)C(C)(C)C(=O)Nc1cccc(C#N)c1. The van der Waals surface area contributed by atoms with Crippen LogP contribution in [0.25, 0.3) is 0 Å². The van der Waals surface area contributed by atoms with Gasteiger partial charge in [-0.3, -0.25) is 9.59 Å². The van der Waals surface area contributed by atoms with Crippen molar-refractivity contribution in [3.8, 4) is 6.07 Å². The molecule has 1 aromatic rings. The van der Waals surface area contributed by atoms with E-state index >= 15 is 0 Å². The zero-order chi connectivity index (χ0) is 16.8. The molecule has 1 N–H and O–H groups in total. The molecule has 0 saturated heterocycles. The van der Waals surface area contributed by atoms with Gasteiger partial charge in [0.1, 0.15) is 5.41 Å². The normalized spacial score (nSPS) is 10.7. The van der Waals surface area contributed by atoms with Crippen molar-refractivity contribution in [2.24, 2.45) is 5.41 Å². The summed E-state index contributed by atoms with van der Waals surface area (Å²) in [7, 11) is 1.71. The maximum atomic E-state index is 12.4. The van der Waals surface area contributed by atoms with Crippen LogP contribution < -0.4 is 5.32 Å². The van der Waals surface area contributed by atoms with E-state index in [-0.39, 0.29) is 11.8 Å². The van der Waals surface area contributed by atoms with Gasteiger partial charge in [-0.25, -0.2) is 0 Å². The Labute approximate surface area is 131 Å². The fraction of sp³-hybridized carbons (Fsp3) is 0.471. The average Bonchev–Trinajstić information content (AvgIpc) is 2.51. The highest BCUT2D eigenvalue weighted by Gasteiger charge is 2.38. The first-order valence-corrected chi connectivity index (χ1v) is 7.40. The van der Waals surface area contributed by atoms with Crippen molar-refractivity contribution in [2.75, 3.05) is 18.9 Å². The van der Waals surface area contributed by atoms with E-state index in [9.17, 15) is 9.59 Å². The number of hydrogen-bond acceptors (Lipinski definition) is 3. The van der Waals surface area contributed by atoms with E-state index in [1.165, 1.54) is 0 Å². The van der Waals surface area contributed by atoms with Crippen LogP contribution in [-0.2, 0) is 9.59 Å². The van der Waals surface area contributed by atoms with Gasteiger partial charge in [-0.15, -0.1) is 0 Å². The second-order valence-corrected chi connectivity index (χ2v) is 5.85. The van der Waals surface area contributed by atoms with Crippen molar-refractivity contribution < 1.29 is 9.59 Å². The molecule has 0 radical (unpaired) electrons. The molecule has 0 fully saturated rings. The van der Waals surface area contributed by atoms with E-state index in [4.69, 9.17) is 5.26 Å². The van der Waals surface area contributed by atoms with Gasteiger partial charge in [0.05, 0.1) is 11.6 Å². The van der Waals surface area contributed by atoms with Gasteiger partial charge < -0.3 is 10.2 Å². The van der Waals surface area contributed by atoms with Crippen LogP contribution in [0.4, 0.5) is 5.69 Å². The van der Waals surface area contributed by atoms with Gasteiger partial charge >= 0.3 is 0 Å². The Morgan fingerprint density at radius 1 is 1.36 bits per heavy atom. The summed E-state index contributed by atoms with van der Waals surface area (Å²) < 4.78 is 0.